The standard InChI is InChI=1S/C10H12BrNO2/c11-7-1-2-10-9(5-7)12-8(3-4-13)6-14-10/h1-2,5,8,12-13H,3-4,6H2. The highest BCUT2D eigenvalue weighted by Crippen LogP contribution is 2.31. The van der Waals surface area contributed by atoms with E-state index in [2.05, 4.69) is 21.2 Å². The summed E-state index contributed by atoms with van der Waals surface area (Å²) in [4.78, 5) is 0. The van der Waals surface area contributed by atoms with Crippen molar-refractivity contribution in [3.8, 4) is 5.75 Å². The van der Waals surface area contributed by atoms with Crippen molar-refractivity contribution in [2.75, 3.05) is 18.5 Å². The maximum atomic E-state index is 8.82. The van der Waals surface area contributed by atoms with E-state index < -0.39 is 0 Å². The van der Waals surface area contributed by atoms with Gasteiger partial charge in [-0.3, -0.25) is 0 Å². The lowest BCUT2D eigenvalue weighted by Crippen LogP contribution is -2.32. The minimum absolute atomic E-state index is 0.185. The van der Waals surface area contributed by atoms with Crippen LogP contribution in [0.25, 0.3) is 0 Å². The lowest BCUT2D eigenvalue weighted by molar-refractivity contribution is 0.233. The zero-order valence-electron chi connectivity index (χ0n) is 7.66. The van der Waals surface area contributed by atoms with Crippen molar-refractivity contribution in [2.45, 2.75) is 12.5 Å². The van der Waals surface area contributed by atoms with E-state index in [-0.39, 0.29) is 12.6 Å². The first kappa shape index (κ1) is 9.80. The van der Waals surface area contributed by atoms with Crippen molar-refractivity contribution in [1.82, 2.24) is 0 Å². The Kier molecular flexibility index (Phi) is 2.93. The Hall–Kier alpha value is -0.740. The number of fused-ring (bicyclic) bond motifs is 1. The number of ether oxygens (including phenoxy) is 1. The number of anilines is 1. The summed E-state index contributed by atoms with van der Waals surface area (Å²) < 4.78 is 6.57. The van der Waals surface area contributed by atoms with E-state index >= 15 is 0 Å². The molecule has 14 heavy (non-hydrogen) atoms. The van der Waals surface area contributed by atoms with Crippen LogP contribution < -0.4 is 10.1 Å². The molecule has 76 valence electrons. The zero-order chi connectivity index (χ0) is 9.97. The lowest BCUT2D eigenvalue weighted by Gasteiger charge is -2.27. The predicted octanol–water partition coefficient (Wildman–Crippen LogP) is 2.00. The SMILES string of the molecule is OCCC1COc2ccc(Br)cc2N1. The molecule has 2 N–H and O–H groups in total. The molecule has 0 spiro atoms. The van der Waals surface area contributed by atoms with Crippen molar-refractivity contribution in [3.63, 3.8) is 0 Å². The summed E-state index contributed by atoms with van der Waals surface area (Å²) in [6, 6.07) is 6.08. The molecule has 3 nitrogen and oxygen atoms in total. The first-order valence-corrected chi connectivity index (χ1v) is 5.38. The number of benzene rings is 1. The predicted molar refractivity (Wildman–Crippen MR) is 58.8 cm³/mol. The van der Waals surface area contributed by atoms with Crippen molar-refractivity contribution in [2.24, 2.45) is 0 Å². The van der Waals surface area contributed by atoms with Gasteiger partial charge in [0, 0.05) is 11.1 Å². The number of aliphatic hydroxyl groups is 1. The Balaban J connectivity index is 2.16. The minimum atomic E-state index is 0.185. The van der Waals surface area contributed by atoms with E-state index in [0.29, 0.717) is 13.0 Å². The van der Waals surface area contributed by atoms with Crippen molar-refractivity contribution < 1.29 is 9.84 Å². The van der Waals surface area contributed by atoms with Gasteiger partial charge >= 0.3 is 0 Å². The molecule has 0 saturated heterocycles. The van der Waals surface area contributed by atoms with Gasteiger partial charge in [-0.25, -0.2) is 0 Å². The van der Waals surface area contributed by atoms with Crippen LogP contribution in [0.5, 0.6) is 5.75 Å². The van der Waals surface area contributed by atoms with E-state index in [1.165, 1.54) is 0 Å². The quantitative estimate of drug-likeness (QED) is 0.852. The molecule has 0 amide bonds. The highest BCUT2D eigenvalue weighted by Gasteiger charge is 2.17. The fraction of sp³-hybridized carbons (Fsp3) is 0.400. The third-order valence-electron chi connectivity index (χ3n) is 2.22. The van der Waals surface area contributed by atoms with Crippen LogP contribution in [0.2, 0.25) is 0 Å². The molecule has 0 saturated carbocycles. The summed E-state index contributed by atoms with van der Waals surface area (Å²) in [6.45, 7) is 0.805. The molecule has 0 radical (unpaired) electrons. The highest BCUT2D eigenvalue weighted by molar-refractivity contribution is 9.10. The van der Waals surface area contributed by atoms with Crippen molar-refractivity contribution >= 4 is 21.6 Å². The van der Waals surface area contributed by atoms with Crippen LogP contribution in [0.15, 0.2) is 22.7 Å². The number of nitrogens with one attached hydrogen (secondary N) is 1. The number of rotatable bonds is 2. The topological polar surface area (TPSA) is 41.5 Å². The Morgan fingerprint density at radius 3 is 3.21 bits per heavy atom. The van der Waals surface area contributed by atoms with E-state index in [4.69, 9.17) is 9.84 Å². The minimum Gasteiger partial charge on any atom is -0.489 e. The van der Waals surface area contributed by atoms with Crippen LogP contribution in [-0.4, -0.2) is 24.4 Å². The smallest absolute Gasteiger partial charge is 0.142 e. The summed E-state index contributed by atoms with van der Waals surface area (Å²) in [5.74, 6) is 0.877. The highest BCUT2D eigenvalue weighted by atomic mass is 79.9. The lowest BCUT2D eigenvalue weighted by atomic mass is 10.1. The summed E-state index contributed by atoms with van der Waals surface area (Å²) in [5.41, 5.74) is 0.990. The molecule has 4 heteroatoms. The van der Waals surface area contributed by atoms with Crippen LogP contribution >= 0.6 is 15.9 Å². The van der Waals surface area contributed by atoms with Gasteiger partial charge in [0.05, 0.1) is 11.7 Å². The van der Waals surface area contributed by atoms with Gasteiger partial charge in [0.25, 0.3) is 0 Å². The van der Waals surface area contributed by atoms with Crippen molar-refractivity contribution in [3.05, 3.63) is 22.7 Å². The second-order valence-electron chi connectivity index (χ2n) is 3.31. The second-order valence-corrected chi connectivity index (χ2v) is 4.22. The van der Waals surface area contributed by atoms with Crippen LogP contribution in [-0.2, 0) is 0 Å². The van der Waals surface area contributed by atoms with Gasteiger partial charge in [0.15, 0.2) is 0 Å². The molecule has 0 aliphatic carbocycles. The third-order valence-corrected chi connectivity index (χ3v) is 2.71. The van der Waals surface area contributed by atoms with Gasteiger partial charge < -0.3 is 15.2 Å². The molecule has 2 rings (SSSR count). The van der Waals surface area contributed by atoms with Gasteiger partial charge in [-0.15, -0.1) is 0 Å². The maximum absolute atomic E-state index is 8.82. The van der Waals surface area contributed by atoms with E-state index in [9.17, 15) is 0 Å². The Morgan fingerprint density at radius 1 is 1.57 bits per heavy atom. The molecular formula is C10H12BrNO2. The third kappa shape index (κ3) is 2.01. The summed E-state index contributed by atoms with van der Waals surface area (Å²) in [7, 11) is 0. The first-order valence-electron chi connectivity index (χ1n) is 4.59. The molecule has 1 atom stereocenters. The van der Waals surface area contributed by atoms with Gasteiger partial charge in [-0.1, -0.05) is 15.9 Å². The van der Waals surface area contributed by atoms with Crippen LogP contribution in [0.1, 0.15) is 6.42 Å². The number of hydrogen-bond donors (Lipinski definition) is 2. The number of halogens is 1. The van der Waals surface area contributed by atoms with Crippen LogP contribution in [0, 0.1) is 0 Å². The van der Waals surface area contributed by atoms with E-state index in [0.717, 1.165) is 15.9 Å². The average molecular weight is 258 g/mol. The van der Waals surface area contributed by atoms with Crippen molar-refractivity contribution in [1.29, 1.82) is 0 Å². The molecule has 1 aromatic carbocycles. The molecule has 1 heterocycles. The molecule has 0 fully saturated rings. The van der Waals surface area contributed by atoms with Crippen LogP contribution in [0.3, 0.4) is 0 Å². The van der Waals surface area contributed by atoms with Crippen LogP contribution in [0.4, 0.5) is 5.69 Å². The molecule has 0 aromatic heterocycles. The number of hydrogen-bond acceptors (Lipinski definition) is 3. The Bertz CT molecular complexity index is 330. The maximum Gasteiger partial charge on any atom is 0.142 e. The fourth-order valence-electron chi connectivity index (χ4n) is 1.50. The monoisotopic (exact) mass is 257 g/mol. The van der Waals surface area contributed by atoms with Gasteiger partial charge in [0.1, 0.15) is 12.4 Å². The largest absolute Gasteiger partial charge is 0.489 e. The molecule has 0 bridgehead atoms. The molecular weight excluding hydrogens is 246 g/mol. The van der Waals surface area contributed by atoms with E-state index in [1.54, 1.807) is 0 Å². The second kappa shape index (κ2) is 4.19. The zero-order valence-corrected chi connectivity index (χ0v) is 9.25. The average Bonchev–Trinajstić information content (AvgIpc) is 2.17. The number of aliphatic hydroxyl groups excluding tert-OH is 1. The Morgan fingerprint density at radius 2 is 2.43 bits per heavy atom. The summed E-state index contributed by atoms with van der Waals surface area (Å²) in [6.07, 6.45) is 0.714. The summed E-state index contributed by atoms with van der Waals surface area (Å²) in [5, 5.41) is 12.1. The molecule has 1 aromatic rings. The molecule has 1 aliphatic heterocycles. The Labute approximate surface area is 91.2 Å². The molecule has 1 unspecified atom stereocenters. The van der Waals surface area contributed by atoms with E-state index in [1.807, 2.05) is 18.2 Å². The van der Waals surface area contributed by atoms with Gasteiger partial charge in [-0.2, -0.15) is 0 Å². The fourth-order valence-corrected chi connectivity index (χ4v) is 1.87. The normalized spacial score (nSPS) is 19.4. The molecule has 1 aliphatic rings. The van der Waals surface area contributed by atoms with Gasteiger partial charge in [-0.05, 0) is 24.6 Å². The first-order chi connectivity index (χ1) is 6.79. The summed E-state index contributed by atoms with van der Waals surface area (Å²) >= 11 is 3.40. The van der Waals surface area contributed by atoms with Gasteiger partial charge in [0.2, 0.25) is 0 Å².